The molecular formula is C29H29N3O6S2. The van der Waals surface area contributed by atoms with E-state index < -0.39 is 10.0 Å². The molecule has 40 heavy (non-hydrogen) atoms. The van der Waals surface area contributed by atoms with Gasteiger partial charge in [0, 0.05) is 18.7 Å². The van der Waals surface area contributed by atoms with Crippen molar-refractivity contribution in [3.8, 4) is 11.5 Å². The molecule has 3 aromatic carbocycles. The summed E-state index contributed by atoms with van der Waals surface area (Å²) in [5, 5.41) is 0.490. The quantitative estimate of drug-likeness (QED) is 0.293. The molecule has 2 aliphatic rings. The number of anilines is 2. The Morgan fingerprint density at radius 3 is 2.55 bits per heavy atom. The maximum absolute atomic E-state index is 13.9. The molecule has 11 heteroatoms. The Hall–Kier alpha value is -3.67. The second-order valence-electron chi connectivity index (χ2n) is 9.68. The van der Waals surface area contributed by atoms with Crippen LogP contribution in [0.25, 0.3) is 10.2 Å². The van der Waals surface area contributed by atoms with E-state index in [1.165, 1.54) is 27.8 Å². The van der Waals surface area contributed by atoms with Crippen LogP contribution in [0.4, 0.5) is 10.8 Å². The van der Waals surface area contributed by atoms with Gasteiger partial charge >= 0.3 is 0 Å². The predicted octanol–water partition coefficient (Wildman–Crippen LogP) is 4.89. The number of carbonyl (C=O) groups is 1. The maximum atomic E-state index is 13.9. The van der Waals surface area contributed by atoms with Crippen molar-refractivity contribution >= 4 is 48.3 Å². The molecule has 1 amide bonds. The minimum Gasteiger partial charge on any atom is -0.495 e. The van der Waals surface area contributed by atoms with Crippen LogP contribution in [0.15, 0.2) is 65.6 Å². The highest BCUT2D eigenvalue weighted by Gasteiger charge is 2.32. The zero-order valence-corrected chi connectivity index (χ0v) is 23.8. The first-order valence-corrected chi connectivity index (χ1v) is 15.3. The van der Waals surface area contributed by atoms with Gasteiger partial charge in [0.1, 0.15) is 21.7 Å². The van der Waals surface area contributed by atoms with Gasteiger partial charge in [-0.2, -0.15) is 0 Å². The highest BCUT2D eigenvalue weighted by Crippen LogP contribution is 2.41. The third kappa shape index (κ3) is 4.67. The molecule has 9 nitrogen and oxygen atoms in total. The van der Waals surface area contributed by atoms with Crippen molar-refractivity contribution in [2.45, 2.75) is 30.3 Å². The fraction of sp³-hybridized carbons (Fsp3) is 0.310. The van der Waals surface area contributed by atoms with E-state index in [0.717, 1.165) is 23.1 Å². The second-order valence-corrected chi connectivity index (χ2v) is 12.5. The summed E-state index contributed by atoms with van der Waals surface area (Å²) in [5.74, 6) is 0.936. The summed E-state index contributed by atoms with van der Waals surface area (Å²) >= 11 is 1.34. The average molecular weight is 580 g/mol. The molecule has 0 aliphatic carbocycles. The van der Waals surface area contributed by atoms with Gasteiger partial charge in [-0.05, 0) is 67.3 Å². The van der Waals surface area contributed by atoms with Crippen molar-refractivity contribution in [1.82, 2.24) is 4.98 Å². The van der Waals surface area contributed by atoms with Crippen molar-refractivity contribution < 1.29 is 27.4 Å². The van der Waals surface area contributed by atoms with E-state index >= 15 is 0 Å². The zero-order valence-electron chi connectivity index (χ0n) is 22.2. The smallest absolute Gasteiger partial charge is 0.264 e. The van der Waals surface area contributed by atoms with E-state index in [1.54, 1.807) is 37.3 Å². The topological polar surface area (TPSA) is 98.3 Å². The van der Waals surface area contributed by atoms with Crippen molar-refractivity contribution in [2.75, 3.05) is 43.1 Å². The Labute approximate surface area is 237 Å². The minimum absolute atomic E-state index is 0.116. The summed E-state index contributed by atoms with van der Waals surface area (Å²) in [6.07, 6.45) is 2.33. The highest BCUT2D eigenvalue weighted by atomic mass is 32.2. The Balaban J connectivity index is 1.33. The number of ether oxygens (including phenoxy) is 3. The fourth-order valence-electron chi connectivity index (χ4n) is 5.24. The van der Waals surface area contributed by atoms with E-state index in [2.05, 4.69) is 0 Å². The Morgan fingerprint density at radius 1 is 1.07 bits per heavy atom. The van der Waals surface area contributed by atoms with E-state index in [9.17, 15) is 13.2 Å². The van der Waals surface area contributed by atoms with Gasteiger partial charge in [-0.15, -0.1) is 0 Å². The SMILES string of the molecule is COc1ccc(OC)c2sc(N(CC3CCCO3)C(=O)c3ccc(S(=O)(=O)N4CCc5ccccc54)cc3)nc12. The van der Waals surface area contributed by atoms with Crippen LogP contribution in [-0.2, 0) is 21.2 Å². The second kappa shape index (κ2) is 10.7. The normalized spacial score (nSPS) is 16.8. The van der Waals surface area contributed by atoms with E-state index in [0.29, 0.717) is 59.5 Å². The lowest BCUT2D eigenvalue weighted by molar-refractivity contribution is 0.0917. The molecule has 0 N–H and O–H groups in total. The van der Waals surface area contributed by atoms with Crippen LogP contribution in [0.2, 0.25) is 0 Å². The van der Waals surface area contributed by atoms with Crippen molar-refractivity contribution in [2.24, 2.45) is 0 Å². The molecule has 0 bridgehead atoms. The predicted molar refractivity (Wildman–Crippen MR) is 154 cm³/mol. The molecule has 1 atom stereocenters. The Morgan fingerprint density at radius 2 is 1.82 bits per heavy atom. The van der Waals surface area contributed by atoms with E-state index in [1.807, 2.05) is 30.3 Å². The summed E-state index contributed by atoms with van der Waals surface area (Å²) in [7, 11) is -0.603. The summed E-state index contributed by atoms with van der Waals surface area (Å²) in [5.41, 5.74) is 2.68. The molecule has 1 aromatic heterocycles. The molecular weight excluding hydrogens is 550 g/mol. The number of para-hydroxylation sites is 1. The summed E-state index contributed by atoms with van der Waals surface area (Å²) in [4.78, 5) is 20.4. The largest absolute Gasteiger partial charge is 0.495 e. The molecule has 0 saturated carbocycles. The van der Waals surface area contributed by atoms with Crippen LogP contribution in [0, 0.1) is 0 Å². The highest BCUT2D eigenvalue weighted by molar-refractivity contribution is 7.92. The van der Waals surface area contributed by atoms with E-state index in [-0.39, 0.29) is 16.9 Å². The molecule has 1 fully saturated rings. The van der Waals surface area contributed by atoms with E-state index in [4.69, 9.17) is 19.2 Å². The van der Waals surface area contributed by atoms with Gasteiger partial charge < -0.3 is 14.2 Å². The van der Waals surface area contributed by atoms with Gasteiger partial charge in [-0.1, -0.05) is 29.5 Å². The summed E-state index contributed by atoms with van der Waals surface area (Å²) in [6, 6.07) is 17.2. The van der Waals surface area contributed by atoms with Crippen LogP contribution in [-0.4, -0.2) is 59.3 Å². The van der Waals surface area contributed by atoms with Gasteiger partial charge in [-0.25, -0.2) is 13.4 Å². The first kappa shape index (κ1) is 26.5. The molecule has 1 saturated heterocycles. The molecule has 6 rings (SSSR count). The number of hydrogen-bond acceptors (Lipinski definition) is 8. The molecule has 4 aromatic rings. The lowest BCUT2D eigenvalue weighted by atomic mass is 10.2. The molecule has 0 radical (unpaired) electrons. The summed E-state index contributed by atoms with van der Waals surface area (Å²) in [6.45, 7) is 1.37. The van der Waals surface area contributed by atoms with Gasteiger partial charge in [0.15, 0.2) is 5.13 Å². The third-order valence-electron chi connectivity index (χ3n) is 7.32. The summed E-state index contributed by atoms with van der Waals surface area (Å²) < 4.78 is 46.0. The standard InChI is InChI=1S/C29H29N3O6S2/c1-36-24-13-14-25(37-2)27-26(24)30-29(39-27)31(18-21-7-5-17-38-21)28(33)20-9-11-22(12-10-20)40(34,35)32-16-15-19-6-3-4-8-23(19)32/h3-4,6,8-14,21H,5,7,15-18H2,1-2H3. The number of fused-ring (bicyclic) bond motifs is 2. The maximum Gasteiger partial charge on any atom is 0.264 e. The molecule has 0 spiro atoms. The molecule has 3 heterocycles. The number of amides is 1. The van der Waals surface area contributed by atoms with Crippen molar-refractivity contribution in [3.63, 3.8) is 0 Å². The lowest BCUT2D eigenvalue weighted by Gasteiger charge is -2.23. The first-order valence-electron chi connectivity index (χ1n) is 13.1. The van der Waals surface area contributed by atoms with Gasteiger partial charge in [0.25, 0.3) is 15.9 Å². The third-order valence-corrected chi connectivity index (χ3v) is 10.2. The number of aromatic nitrogens is 1. The number of methoxy groups -OCH3 is 2. The number of hydrogen-bond donors (Lipinski definition) is 0. The van der Waals surface area contributed by atoms with Crippen molar-refractivity contribution in [3.05, 3.63) is 71.8 Å². The molecule has 208 valence electrons. The van der Waals surface area contributed by atoms with Crippen LogP contribution in [0.3, 0.4) is 0 Å². The first-order chi connectivity index (χ1) is 19.4. The van der Waals surface area contributed by atoms with Crippen LogP contribution >= 0.6 is 11.3 Å². The average Bonchev–Trinajstić information content (AvgIpc) is 3.75. The van der Waals surface area contributed by atoms with Crippen LogP contribution in [0.1, 0.15) is 28.8 Å². The number of sulfonamides is 1. The zero-order chi connectivity index (χ0) is 27.9. The molecule has 2 aliphatic heterocycles. The van der Waals surface area contributed by atoms with Gasteiger partial charge in [0.2, 0.25) is 0 Å². The van der Waals surface area contributed by atoms with Crippen LogP contribution < -0.4 is 18.7 Å². The van der Waals surface area contributed by atoms with Crippen LogP contribution in [0.5, 0.6) is 11.5 Å². The fourth-order valence-corrected chi connectivity index (χ4v) is 7.83. The number of benzene rings is 3. The van der Waals surface area contributed by atoms with Crippen molar-refractivity contribution in [1.29, 1.82) is 0 Å². The Bertz CT molecular complexity index is 1620. The number of carbonyl (C=O) groups excluding carboxylic acids is 1. The molecule has 1 unspecified atom stereocenters. The Kier molecular flexibility index (Phi) is 7.11. The monoisotopic (exact) mass is 579 g/mol. The minimum atomic E-state index is -3.77. The van der Waals surface area contributed by atoms with Gasteiger partial charge in [0.05, 0.1) is 37.5 Å². The lowest BCUT2D eigenvalue weighted by Crippen LogP contribution is -2.37. The number of thiazole rings is 1. The number of nitrogens with zero attached hydrogens (tertiary/aromatic N) is 3. The van der Waals surface area contributed by atoms with Gasteiger partial charge in [-0.3, -0.25) is 14.0 Å². The number of rotatable bonds is 8.